The molecular formula is C11H19N3O. The van der Waals surface area contributed by atoms with Gasteiger partial charge in [-0.25, -0.2) is 4.68 Å². The van der Waals surface area contributed by atoms with Crippen LogP contribution in [0.25, 0.3) is 0 Å². The Bertz CT molecular complexity index is 382. The van der Waals surface area contributed by atoms with Gasteiger partial charge in [-0.15, -0.1) is 0 Å². The molecule has 1 atom stereocenters. The fraction of sp³-hybridized carbons (Fsp3) is 0.636. The lowest BCUT2D eigenvalue weighted by Crippen LogP contribution is -2.29. The zero-order valence-corrected chi connectivity index (χ0v) is 9.66. The molecule has 4 nitrogen and oxygen atoms in total. The van der Waals surface area contributed by atoms with E-state index in [-0.39, 0.29) is 11.6 Å². The predicted octanol–water partition coefficient (Wildman–Crippen LogP) is 1.37. The number of hydrogen-bond donors (Lipinski definition) is 1. The summed E-state index contributed by atoms with van der Waals surface area (Å²) in [7, 11) is 0. The average Bonchev–Trinajstić information content (AvgIpc) is 2.18. The van der Waals surface area contributed by atoms with E-state index >= 15 is 0 Å². The summed E-state index contributed by atoms with van der Waals surface area (Å²) in [4.78, 5) is 11.9. The molecule has 84 valence electrons. The van der Waals surface area contributed by atoms with Crippen LogP contribution in [-0.2, 0) is 6.54 Å². The van der Waals surface area contributed by atoms with Gasteiger partial charge in [-0.3, -0.25) is 4.79 Å². The summed E-state index contributed by atoms with van der Waals surface area (Å²) in [5.74, 6) is 0. The van der Waals surface area contributed by atoms with E-state index in [9.17, 15) is 4.79 Å². The van der Waals surface area contributed by atoms with Crippen molar-refractivity contribution in [2.45, 2.75) is 46.2 Å². The van der Waals surface area contributed by atoms with E-state index in [0.717, 1.165) is 18.5 Å². The van der Waals surface area contributed by atoms with Crippen molar-refractivity contribution in [3.8, 4) is 0 Å². The summed E-state index contributed by atoms with van der Waals surface area (Å²) in [6, 6.07) is 1.54. The molecule has 0 saturated heterocycles. The van der Waals surface area contributed by atoms with Crippen molar-refractivity contribution >= 4 is 0 Å². The molecule has 0 aromatic carbocycles. The van der Waals surface area contributed by atoms with Gasteiger partial charge >= 0.3 is 0 Å². The van der Waals surface area contributed by atoms with E-state index in [1.54, 1.807) is 6.07 Å². The number of nitrogens with two attached hydrogens (primary N) is 1. The van der Waals surface area contributed by atoms with Crippen LogP contribution in [-0.4, -0.2) is 9.78 Å². The van der Waals surface area contributed by atoms with Crippen molar-refractivity contribution in [3.63, 3.8) is 0 Å². The van der Waals surface area contributed by atoms with Crippen LogP contribution in [0.4, 0.5) is 0 Å². The van der Waals surface area contributed by atoms with Crippen LogP contribution in [0.5, 0.6) is 0 Å². The van der Waals surface area contributed by atoms with Gasteiger partial charge in [0.1, 0.15) is 0 Å². The summed E-state index contributed by atoms with van der Waals surface area (Å²) in [5, 5.41) is 4.20. The van der Waals surface area contributed by atoms with Crippen LogP contribution in [0, 0.1) is 6.92 Å². The molecule has 0 spiro atoms. The molecule has 15 heavy (non-hydrogen) atoms. The Balaban J connectivity index is 3.11. The van der Waals surface area contributed by atoms with Crippen molar-refractivity contribution in [2.24, 2.45) is 5.73 Å². The Kier molecular flexibility index (Phi) is 4.03. The second kappa shape index (κ2) is 5.07. The van der Waals surface area contributed by atoms with Crippen molar-refractivity contribution in [3.05, 3.63) is 27.7 Å². The van der Waals surface area contributed by atoms with E-state index in [1.807, 2.05) is 13.8 Å². The quantitative estimate of drug-likeness (QED) is 0.814. The fourth-order valence-electron chi connectivity index (χ4n) is 1.49. The van der Waals surface area contributed by atoms with E-state index in [0.29, 0.717) is 12.1 Å². The first-order chi connectivity index (χ1) is 7.06. The molecule has 0 aliphatic rings. The summed E-state index contributed by atoms with van der Waals surface area (Å²) in [6.45, 7) is 6.47. The summed E-state index contributed by atoms with van der Waals surface area (Å²) in [5.41, 5.74) is 7.18. The zero-order chi connectivity index (χ0) is 11.4. The number of aryl methyl sites for hydroxylation is 2. The molecule has 0 radical (unpaired) electrons. The Morgan fingerprint density at radius 2 is 2.27 bits per heavy atom. The van der Waals surface area contributed by atoms with Gasteiger partial charge in [-0.1, -0.05) is 13.3 Å². The van der Waals surface area contributed by atoms with Gasteiger partial charge in [0.2, 0.25) is 0 Å². The van der Waals surface area contributed by atoms with Gasteiger partial charge in [-0.05, 0) is 26.3 Å². The molecule has 1 heterocycles. The maximum absolute atomic E-state index is 11.9. The average molecular weight is 209 g/mol. The van der Waals surface area contributed by atoms with E-state index in [2.05, 4.69) is 12.0 Å². The minimum atomic E-state index is -0.230. The monoisotopic (exact) mass is 209 g/mol. The second-order valence-corrected chi connectivity index (χ2v) is 3.91. The molecule has 0 amide bonds. The Hall–Kier alpha value is -1.16. The van der Waals surface area contributed by atoms with Crippen LogP contribution in [0.2, 0.25) is 0 Å². The molecule has 0 aliphatic heterocycles. The summed E-state index contributed by atoms with van der Waals surface area (Å²) < 4.78 is 1.53. The van der Waals surface area contributed by atoms with Crippen molar-refractivity contribution < 1.29 is 0 Å². The van der Waals surface area contributed by atoms with Crippen LogP contribution in [0.3, 0.4) is 0 Å². The molecule has 1 aromatic heterocycles. The Morgan fingerprint density at radius 1 is 1.60 bits per heavy atom. The smallest absolute Gasteiger partial charge is 0.271 e. The highest BCUT2D eigenvalue weighted by Crippen LogP contribution is 2.04. The Morgan fingerprint density at radius 3 is 2.80 bits per heavy atom. The number of rotatable bonds is 4. The summed E-state index contributed by atoms with van der Waals surface area (Å²) >= 11 is 0. The highest BCUT2D eigenvalue weighted by atomic mass is 16.1. The van der Waals surface area contributed by atoms with Crippen LogP contribution < -0.4 is 11.3 Å². The first-order valence-corrected chi connectivity index (χ1v) is 5.40. The van der Waals surface area contributed by atoms with Gasteiger partial charge in [0.05, 0.1) is 5.69 Å². The lowest BCUT2D eigenvalue weighted by molar-refractivity contribution is 0.527. The van der Waals surface area contributed by atoms with Gasteiger partial charge in [0.15, 0.2) is 0 Å². The number of unbranched alkanes of at least 4 members (excludes halogenated alkanes) is 1. The predicted molar refractivity (Wildman–Crippen MR) is 60.7 cm³/mol. The molecule has 0 bridgehead atoms. The summed E-state index contributed by atoms with van der Waals surface area (Å²) in [6.07, 6.45) is 2.02. The topological polar surface area (TPSA) is 60.9 Å². The molecule has 0 fully saturated rings. The molecule has 1 aromatic rings. The largest absolute Gasteiger partial charge is 0.324 e. The molecule has 1 rings (SSSR count). The first kappa shape index (κ1) is 11.9. The van der Waals surface area contributed by atoms with E-state index in [1.165, 1.54) is 4.68 Å². The normalized spacial score (nSPS) is 12.8. The number of nitrogens with zero attached hydrogens (tertiary/aromatic N) is 2. The lowest BCUT2D eigenvalue weighted by atomic mass is 10.1. The van der Waals surface area contributed by atoms with Crippen LogP contribution in [0.1, 0.15) is 44.0 Å². The lowest BCUT2D eigenvalue weighted by Gasteiger charge is -2.10. The van der Waals surface area contributed by atoms with Gasteiger partial charge in [0, 0.05) is 18.2 Å². The third-order valence-corrected chi connectivity index (χ3v) is 2.34. The molecule has 2 N–H and O–H groups in total. The van der Waals surface area contributed by atoms with Gasteiger partial charge in [0.25, 0.3) is 5.56 Å². The molecule has 0 saturated carbocycles. The third kappa shape index (κ3) is 2.89. The maximum atomic E-state index is 11.9. The van der Waals surface area contributed by atoms with Crippen LogP contribution in [0.15, 0.2) is 10.9 Å². The Labute approximate surface area is 90.1 Å². The SMILES string of the molecule is CCCCn1nc(C)cc(C(C)N)c1=O. The minimum Gasteiger partial charge on any atom is -0.324 e. The fourth-order valence-corrected chi connectivity index (χ4v) is 1.49. The third-order valence-electron chi connectivity index (χ3n) is 2.34. The molecular weight excluding hydrogens is 190 g/mol. The maximum Gasteiger partial charge on any atom is 0.271 e. The molecule has 0 aliphatic carbocycles. The first-order valence-electron chi connectivity index (χ1n) is 5.40. The van der Waals surface area contributed by atoms with Gasteiger partial charge in [-0.2, -0.15) is 5.10 Å². The van der Waals surface area contributed by atoms with Crippen molar-refractivity contribution in [2.75, 3.05) is 0 Å². The number of hydrogen-bond acceptors (Lipinski definition) is 3. The molecule has 1 unspecified atom stereocenters. The number of aromatic nitrogens is 2. The minimum absolute atomic E-state index is 0.0518. The van der Waals surface area contributed by atoms with Crippen LogP contribution >= 0.6 is 0 Å². The highest BCUT2D eigenvalue weighted by molar-refractivity contribution is 5.15. The second-order valence-electron chi connectivity index (χ2n) is 3.91. The standard InChI is InChI=1S/C11H19N3O/c1-4-5-6-14-11(15)10(9(3)12)7-8(2)13-14/h7,9H,4-6,12H2,1-3H3. The zero-order valence-electron chi connectivity index (χ0n) is 9.66. The highest BCUT2D eigenvalue weighted by Gasteiger charge is 2.09. The van der Waals surface area contributed by atoms with Crippen molar-refractivity contribution in [1.82, 2.24) is 9.78 Å². The van der Waals surface area contributed by atoms with E-state index in [4.69, 9.17) is 5.73 Å². The van der Waals surface area contributed by atoms with E-state index < -0.39 is 0 Å². The molecule has 4 heteroatoms. The van der Waals surface area contributed by atoms with Gasteiger partial charge < -0.3 is 5.73 Å². The van der Waals surface area contributed by atoms with Crippen molar-refractivity contribution in [1.29, 1.82) is 0 Å².